The van der Waals surface area contributed by atoms with E-state index in [1.54, 1.807) is 10.9 Å². The average molecular weight is 422 g/mol. The van der Waals surface area contributed by atoms with Crippen molar-refractivity contribution in [1.29, 1.82) is 0 Å². The SMILES string of the molecule is OCC1OC(CCCCCOCc2cn(Cc3ccccn3)nn2)C(O)C(O)C1O. The Hall–Kier alpha value is -1.95. The zero-order valence-electron chi connectivity index (χ0n) is 16.8. The molecule has 10 nitrogen and oxygen atoms in total. The monoisotopic (exact) mass is 422 g/mol. The van der Waals surface area contributed by atoms with Gasteiger partial charge in [-0.15, -0.1) is 5.10 Å². The lowest BCUT2D eigenvalue weighted by Gasteiger charge is -2.40. The van der Waals surface area contributed by atoms with Crippen LogP contribution in [0, 0.1) is 0 Å². The maximum Gasteiger partial charge on any atom is 0.111 e. The molecule has 2 aromatic rings. The van der Waals surface area contributed by atoms with Gasteiger partial charge in [-0.1, -0.05) is 24.1 Å². The molecule has 3 heterocycles. The normalized spacial score (nSPS) is 26.7. The smallest absolute Gasteiger partial charge is 0.111 e. The summed E-state index contributed by atoms with van der Waals surface area (Å²) in [4.78, 5) is 4.26. The lowest BCUT2D eigenvalue weighted by Crippen LogP contribution is -2.58. The van der Waals surface area contributed by atoms with Gasteiger partial charge in [0.05, 0.1) is 37.8 Å². The number of aliphatic hydroxyl groups is 4. The van der Waals surface area contributed by atoms with E-state index >= 15 is 0 Å². The summed E-state index contributed by atoms with van der Waals surface area (Å²) in [5.74, 6) is 0. The molecule has 1 aliphatic heterocycles. The summed E-state index contributed by atoms with van der Waals surface area (Å²) >= 11 is 0. The number of hydrogen-bond donors (Lipinski definition) is 4. The Morgan fingerprint density at radius 3 is 2.60 bits per heavy atom. The van der Waals surface area contributed by atoms with Crippen molar-refractivity contribution in [3.63, 3.8) is 0 Å². The van der Waals surface area contributed by atoms with Crippen molar-refractivity contribution in [3.8, 4) is 0 Å². The number of unbranched alkanes of at least 4 members (excludes halogenated alkanes) is 2. The maximum absolute atomic E-state index is 10.0. The van der Waals surface area contributed by atoms with Gasteiger partial charge >= 0.3 is 0 Å². The quantitative estimate of drug-likeness (QED) is 0.357. The van der Waals surface area contributed by atoms with E-state index < -0.39 is 37.1 Å². The van der Waals surface area contributed by atoms with Gasteiger partial charge in [-0.25, -0.2) is 4.68 Å². The van der Waals surface area contributed by atoms with Crippen LogP contribution < -0.4 is 0 Å². The van der Waals surface area contributed by atoms with Gasteiger partial charge in [-0.3, -0.25) is 4.98 Å². The summed E-state index contributed by atoms with van der Waals surface area (Å²) in [5.41, 5.74) is 1.67. The number of aromatic nitrogens is 4. The third-order valence-electron chi connectivity index (χ3n) is 5.15. The first-order chi connectivity index (χ1) is 14.6. The van der Waals surface area contributed by atoms with Crippen LogP contribution >= 0.6 is 0 Å². The lowest BCUT2D eigenvalue weighted by atomic mass is 9.92. The molecule has 0 bridgehead atoms. The van der Waals surface area contributed by atoms with Crippen LogP contribution in [-0.4, -0.2) is 84.1 Å². The Bertz CT molecular complexity index is 744. The van der Waals surface area contributed by atoms with Crippen LogP contribution in [0.25, 0.3) is 0 Å². The molecule has 166 valence electrons. The Balaban J connectivity index is 1.28. The zero-order chi connectivity index (χ0) is 21.3. The number of pyridine rings is 1. The van der Waals surface area contributed by atoms with Gasteiger partial charge in [-0.2, -0.15) is 0 Å². The second kappa shape index (κ2) is 11.4. The maximum atomic E-state index is 10.0. The molecular weight excluding hydrogens is 392 g/mol. The number of rotatable bonds is 11. The van der Waals surface area contributed by atoms with Crippen LogP contribution in [0.5, 0.6) is 0 Å². The molecule has 0 radical (unpaired) electrons. The van der Waals surface area contributed by atoms with Crippen LogP contribution in [0.4, 0.5) is 0 Å². The van der Waals surface area contributed by atoms with Crippen molar-refractivity contribution in [2.75, 3.05) is 13.2 Å². The van der Waals surface area contributed by atoms with Gasteiger partial charge < -0.3 is 29.9 Å². The van der Waals surface area contributed by atoms with E-state index in [1.807, 2.05) is 24.4 Å². The highest BCUT2D eigenvalue weighted by molar-refractivity contribution is 5.04. The Labute approximate surface area is 175 Å². The van der Waals surface area contributed by atoms with Crippen molar-refractivity contribution in [2.45, 2.75) is 69.4 Å². The first kappa shape index (κ1) is 22.7. The molecule has 0 spiro atoms. The van der Waals surface area contributed by atoms with E-state index in [2.05, 4.69) is 15.3 Å². The molecule has 0 aromatic carbocycles. The molecule has 4 N–H and O–H groups in total. The van der Waals surface area contributed by atoms with Crippen molar-refractivity contribution in [1.82, 2.24) is 20.0 Å². The topological polar surface area (TPSA) is 143 Å². The van der Waals surface area contributed by atoms with Crippen molar-refractivity contribution in [3.05, 3.63) is 42.0 Å². The number of ether oxygens (including phenoxy) is 2. The van der Waals surface area contributed by atoms with Gasteiger partial charge in [0.2, 0.25) is 0 Å². The second-order valence-electron chi connectivity index (χ2n) is 7.50. The summed E-state index contributed by atoms with van der Waals surface area (Å²) < 4.78 is 12.9. The van der Waals surface area contributed by atoms with E-state index in [0.29, 0.717) is 26.2 Å². The fourth-order valence-electron chi connectivity index (χ4n) is 3.46. The van der Waals surface area contributed by atoms with Crippen molar-refractivity contribution < 1.29 is 29.9 Å². The standard InChI is InChI=1S/C20H30N4O6/c25-12-17-19(27)20(28)18(26)16(30-17)7-2-1-5-9-29-13-15-11-24(23-22-15)10-14-6-3-4-8-21-14/h3-4,6,8,11,16-20,25-28H,1-2,5,7,9-10,12-13H2. The molecule has 3 rings (SSSR count). The van der Waals surface area contributed by atoms with Gasteiger partial charge in [0.15, 0.2) is 0 Å². The fraction of sp³-hybridized carbons (Fsp3) is 0.650. The molecule has 1 aliphatic rings. The number of aliphatic hydroxyl groups excluding tert-OH is 4. The highest BCUT2D eigenvalue weighted by Crippen LogP contribution is 2.24. The highest BCUT2D eigenvalue weighted by atomic mass is 16.5. The third-order valence-corrected chi connectivity index (χ3v) is 5.15. The number of hydrogen-bond acceptors (Lipinski definition) is 9. The predicted octanol–water partition coefficient (Wildman–Crippen LogP) is -0.359. The van der Waals surface area contributed by atoms with Gasteiger partial charge in [0, 0.05) is 12.8 Å². The molecule has 0 saturated carbocycles. The largest absolute Gasteiger partial charge is 0.394 e. The molecule has 0 aliphatic carbocycles. The Morgan fingerprint density at radius 2 is 1.83 bits per heavy atom. The van der Waals surface area contributed by atoms with E-state index in [0.717, 1.165) is 30.7 Å². The van der Waals surface area contributed by atoms with Gasteiger partial charge in [0.25, 0.3) is 0 Å². The molecule has 2 aromatic heterocycles. The molecule has 5 atom stereocenters. The molecule has 0 amide bonds. The van der Waals surface area contributed by atoms with Crippen LogP contribution in [0.3, 0.4) is 0 Å². The number of nitrogens with zero attached hydrogens (tertiary/aromatic N) is 4. The van der Waals surface area contributed by atoms with Gasteiger partial charge in [0.1, 0.15) is 30.1 Å². The Kier molecular flexibility index (Phi) is 8.67. The molecule has 10 heteroatoms. The summed E-state index contributed by atoms with van der Waals surface area (Å²) in [7, 11) is 0. The van der Waals surface area contributed by atoms with E-state index in [1.165, 1.54) is 0 Å². The average Bonchev–Trinajstić information content (AvgIpc) is 3.20. The summed E-state index contributed by atoms with van der Waals surface area (Å²) in [6, 6.07) is 5.73. The minimum absolute atomic E-state index is 0.384. The van der Waals surface area contributed by atoms with E-state index in [4.69, 9.17) is 9.47 Å². The summed E-state index contributed by atoms with van der Waals surface area (Å²) in [5, 5.41) is 47.0. The second-order valence-corrected chi connectivity index (χ2v) is 7.50. The molecular formula is C20H30N4O6. The van der Waals surface area contributed by atoms with Crippen LogP contribution in [-0.2, 0) is 22.6 Å². The van der Waals surface area contributed by atoms with Crippen LogP contribution in [0.2, 0.25) is 0 Å². The first-order valence-electron chi connectivity index (χ1n) is 10.3. The van der Waals surface area contributed by atoms with E-state index in [-0.39, 0.29) is 0 Å². The molecule has 5 unspecified atom stereocenters. The summed E-state index contributed by atoms with van der Waals surface area (Å²) in [6.45, 7) is 1.12. The van der Waals surface area contributed by atoms with Crippen molar-refractivity contribution >= 4 is 0 Å². The molecule has 1 saturated heterocycles. The van der Waals surface area contributed by atoms with Crippen LogP contribution in [0.15, 0.2) is 30.6 Å². The van der Waals surface area contributed by atoms with Gasteiger partial charge in [-0.05, 0) is 25.0 Å². The Morgan fingerprint density at radius 1 is 1.00 bits per heavy atom. The molecule has 30 heavy (non-hydrogen) atoms. The highest BCUT2D eigenvalue weighted by Gasteiger charge is 2.42. The fourth-order valence-corrected chi connectivity index (χ4v) is 3.46. The zero-order valence-corrected chi connectivity index (χ0v) is 16.8. The molecule has 1 fully saturated rings. The first-order valence-corrected chi connectivity index (χ1v) is 10.3. The minimum atomic E-state index is -1.31. The summed E-state index contributed by atoms with van der Waals surface area (Å²) in [6.07, 6.45) is 1.36. The predicted molar refractivity (Wildman–Crippen MR) is 105 cm³/mol. The lowest BCUT2D eigenvalue weighted by molar-refractivity contribution is -0.230. The van der Waals surface area contributed by atoms with Crippen molar-refractivity contribution in [2.24, 2.45) is 0 Å². The van der Waals surface area contributed by atoms with Crippen LogP contribution in [0.1, 0.15) is 37.1 Å². The van der Waals surface area contributed by atoms with E-state index in [9.17, 15) is 20.4 Å². The third kappa shape index (κ3) is 6.27. The minimum Gasteiger partial charge on any atom is -0.394 e.